The van der Waals surface area contributed by atoms with Crippen LogP contribution in [0, 0.1) is 13.8 Å². The molecule has 4 N–H and O–H groups in total. The topological polar surface area (TPSA) is 97.0 Å². The zero-order valence-electron chi connectivity index (χ0n) is 13.6. The third kappa shape index (κ3) is 3.42. The number of anilines is 1. The first-order valence-electron chi connectivity index (χ1n) is 8.07. The Balaban J connectivity index is 1.80. The van der Waals surface area contributed by atoms with Crippen LogP contribution in [0.2, 0.25) is 0 Å². The Kier molecular flexibility index (Phi) is 4.43. The number of nitrogens with zero attached hydrogens (tertiary/aromatic N) is 3. The van der Waals surface area contributed by atoms with Crippen LogP contribution in [0.25, 0.3) is 11.3 Å². The number of nitrogens with one attached hydrogen (secondary N) is 1. The number of phenolic OH excluding ortho intramolecular Hbond substituents is 1. The van der Waals surface area contributed by atoms with E-state index in [-0.39, 0.29) is 17.8 Å². The van der Waals surface area contributed by atoms with Gasteiger partial charge >= 0.3 is 0 Å². The number of benzene rings is 1. The Morgan fingerprint density at radius 1 is 1.17 bits per heavy atom. The molecular formula is C17H23N5O. The van der Waals surface area contributed by atoms with Gasteiger partial charge in [0.15, 0.2) is 0 Å². The quantitative estimate of drug-likeness (QED) is 0.805. The van der Waals surface area contributed by atoms with Crippen LogP contribution in [-0.2, 0) is 0 Å². The summed E-state index contributed by atoms with van der Waals surface area (Å²) in [6.07, 6.45) is 6.06. The molecule has 1 aromatic heterocycles. The second-order valence-electron chi connectivity index (χ2n) is 6.34. The fourth-order valence-corrected chi connectivity index (χ4v) is 3.24. The number of hydrogen-bond acceptors (Lipinski definition) is 6. The number of phenols is 1. The fourth-order valence-electron chi connectivity index (χ4n) is 3.24. The first-order chi connectivity index (χ1) is 11.0. The maximum Gasteiger partial charge on any atom is 0.242 e. The lowest BCUT2D eigenvalue weighted by Crippen LogP contribution is -2.43. The van der Waals surface area contributed by atoms with E-state index in [0.717, 1.165) is 24.0 Å². The highest BCUT2D eigenvalue weighted by atomic mass is 16.3. The van der Waals surface area contributed by atoms with E-state index in [4.69, 9.17) is 5.73 Å². The molecule has 2 atom stereocenters. The molecule has 1 aromatic carbocycles. The van der Waals surface area contributed by atoms with Crippen molar-refractivity contribution >= 4 is 5.95 Å². The SMILES string of the molecule is Cc1cc(C)c(-c2cnc(N[C@H]3CCCC[C@@H]3N)nn2)c(O)c1. The van der Waals surface area contributed by atoms with E-state index in [0.29, 0.717) is 17.2 Å². The summed E-state index contributed by atoms with van der Waals surface area (Å²) in [5.41, 5.74) is 9.34. The van der Waals surface area contributed by atoms with Crippen molar-refractivity contribution in [3.05, 3.63) is 29.5 Å². The first kappa shape index (κ1) is 15.7. The van der Waals surface area contributed by atoms with Gasteiger partial charge in [-0.2, -0.15) is 0 Å². The molecule has 0 aliphatic heterocycles. The second kappa shape index (κ2) is 6.50. The van der Waals surface area contributed by atoms with Crippen molar-refractivity contribution in [3.8, 4) is 17.0 Å². The largest absolute Gasteiger partial charge is 0.507 e. The van der Waals surface area contributed by atoms with Crippen molar-refractivity contribution in [2.45, 2.75) is 51.6 Å². The summed E-state index contributed by atoms with van der Waals surface area (Å²) in [6, 6.07) is 4.06. The van der Waals surface area contributed by atoms with Gasteiger partial charge in [-0.05, 0) is 43.9 Å². The molecule has 122 valence electrons. The molecule has 1 fully saturated rings. The summed E-state index contributed by atoms with van der Waals surface area (Å²) in [5, 5.41) is 21.8. The van der Waals surface area contributed by atoms with Crippen LogP contribution in [-0.4, -0.2) is 32.4 Å². The minimum atomic E-state index is 0.135. The molecule has 0 amide bonds. The zero-order chi connectivity index (χ0) is 16.4. The lowest BCUT2D eigenvalue weighted by molar-refractivity contribution is 0.402. The molecule has 0 saturated heterocycles. The number of hydrogen-bond donors (Lipinski definition) is 3. The van der Waals surface area contributed by atoms with E-state index < -0.39 is 0 Å². The smallest absolute Gasteiger partial charge is 0.242 e. The maximum atomic E-state index is 10.2. The van der Waals surface area contributed by atoms with Gasteiger partial charge < -0.3 is 16.2 Å². The predicted molar refractivity (Wildman–Crippen MR) is 90.3 cm³/mol. The molecule has 1 aliphatic rings. The molecule has 2 aromatic rings. The molecule has 0 unspecified atom stereocenters. The lowest BCUT2D eigenvalue weighted by atomic mass is 9.91. The molecule has 1 saturated carbocycles. The van der Waals surface area contributed by atoms with Gasteiger partial charge in [0, 0.05) is 17.6 Å². The molecule has 23 heavy (non-hydrogen) atoms. The Labute approximate surface area is 136 Å². The summed E-state index contributed by atoms with van der Waals surface area (Å²) in [4.78, 5) is 4.34. The van der Waals surface area contributed by atoms with Gasteiger partial charge in [0.1, 0.15) is 11.4 Å². The average molecular weight is 313 g/mol. The Hall–Kier alpha value is -2.21. The first-order valence-corrected chi connectivity index (χ1v) is 8.07. The minimum Gasteiger partial charge on any atom is -0.507 e. The maximum absolute atomic E-state index is 10.2. The van der Waals surface area contributed by atoms with Crippen LogP contribution in [0.5, 0.6) is 5.75 Å². The minimum absolute atomic E-state index is 0.135. The molecule has 1 aliphatic carbocycles. The van der Waals surface area contributed by atoms with E-state index in [9.17, 15) is 5.11 Å². The summed E-state index contributed by atoms with van der Waals surface area (Å²) < 4.78 is 0. The summed E-state index contributed by atoms with van der Waals surface area (Å²) >= 11 is 0. The molecule has 3 rings (SSSR count). The van der Waals surface area contributed by atoms with Crippen molar-refractivity contribution in [1.29, 1.82) is 0 Å². The van der Waals surface area contributed by atoms with E-state index >= 15 is 0 Å². The van der Waals surface area contributed by atoms with Crippen LogP contribution in [0.15, 0.2) is 18.3 Å². The van der Waals surface area contributed by atoms with E-state index in [1.165, 1.54) is 12.8 Å². The third-order valence-electron chi connectivity index (χ3n) is 4.41. The van der Waals surface area contributed by atoms with E-state index in [1.54, 1.807) is 12.3 Å². The molecular weight excluding hydrogens is 290 g/mol. The Morgan fingerprint density at radius 3 is 2.61 bits per heavy atom. The van der Waals surface area contributed by atoms with Crippen LogP contribution in [0.3, 0.4) is 0 Å². The molecule has 6 nitrogen and oxygen atoms in total. The van der Waals surface area contributed by atoms with Crippen molar-refractivity contribution in [3.63, 3.8) is 0 Å². The van der Waals surface area contributed by atoms with Gasteiger partial charge in [0.05, 0.1) is 6.20 Å². The number of nitrogens with two attached hydrogens (primary N) is 1. The van der Waals surface area contributed by atoms with Gasteiger partial charge in [-0.25, -0.2) is 4.98 Å². The van der Waals surface area contributed by atoms with Crippen LogP contribution >= 0.6 is 0 Å². The van der Waals surface area contributed by atoms with Gasteiger partial charge in [-0.3, -0.25) is 0 Å². The standard InChI is InChI=1S/C17H23N5O/c1-10-7-11(2)16(15(23)8-10)14-9-19-17(22-21-14)20-13-6-4-3-5-12(13)18/h7-9,12-13,23H,3-6,18H2,1-2H3,(H,19,20,22)/t12-,13-/m0/s1. The van der Waals surface area contributed by atoms with Crippen molar-refractivity contribution in [2.24, 2.45) is 5.73 Å². The summed E-state index contributed by atoms with van der Waals surface area (Å²) in [7, 11) is 0. The fraction of sp³-hybridized carbons (Fsp3) is 0.471. The Morgan fingerprint density at radius 2 is 1.96 bits per heavy atom. The van der Waals surface area contributed by atoms with Crippen molar-refractivity contribution in [2.75, 3.05) is 5.32 Å². The van der Waals surface area contributed by atoms with Crippen molar-refractivity contribution in [1.82, 2.24) is 15.2 Å². The van der Waals surface area contributed by atoms with Crippen LogP contribution < -0.4 is 11.1 Å². The molecule has 0 radical (unpaired) electrons. The average Bonchev–Trinajstić information content (AvgIpc) is 2.50. The number of aromatic hydroxyl groups is 1. The van der Waals surface area contributed by atoms with Crippen molar-refractivity contribution < 1.29 is 5.11 Å². The molecule has 0 bridgehead atoms. The van der Waals surface area contributed by atoms with Crippen LogP contribution in [0.4, 0.5) is 5.95 Å². The highest BCUT2D eigenvalue weighted by Crippen LogP contribution is 2.31. The van der Waals surface area contributed by atoms with Gasteiger partial charge in [-0.1, -0.05) is 18.9 Å². The second-order valence-corrected chi connectivity index (χ2v) is 6.34. The predicted octanol–water partition coefficient (Wildman–Crippen LogP) is 2.54. The van der Waals surface area contributed by atoms with Gasteiger partial charge in [0.2, 0.25) is 5.95 Å². The highest BCUT2D eigenvalue weighted by Gasteiger charge is 2.22. The monoisotopic (exact) mass is 313 g/mol. The molecule has 1 heterocycles. The normalized spacial score (nSPS) is 21.2. The number of rotatable bonds is 3. The Bertz CT molecular complexity index is 663. The zero-order valence-corrected chi connectivity index (χ0v) is 13.6. The summed E-state index contributed by atoms with van der Waals surface area (Å²) in [6.45, 7) is 3.89. The van der Waals surface area contributed by atoms with Gasteiger partial charge in [-0.15, -0.1) is 10.2 Å². The number of aromatic nitrogens is 3. The molecule has 0 spiro atoms. The van der Waals surface area contributed by atoms with Gasteiger partial charge in [0.25, 0.3) is 0 Å². The summed E-state index contributed by atoms with van der Waals surface area (Å²) in [5.74, 6) is 0.689. The van der Waals surface area contributed by atoms with Crippen LogP contribution in [0.1, 0.15) is 36.8 Å². The number of aryl methyl sites for hydroxylation is 2. The third-order valence-corrected chi connectivity index (χ3v) is 4.41. The van der Waals surface area contributed by atoms with E-state index in [1.807, 2.05) is 19.9 Å². The van der Waals surface area contributed by atoms with E-state index in [2.05, 4.69) is 20.5 Å². The lowest BCUT2D eigenvalue weighted by Gasteiger charge is -2.29. The molecule has 6 heteroatoms. The highest BCUT2D eigenvalue weighted by molar-refractivity contribution is 5.70.